The lowest BCUT2D eigenvalue weighted by Crippen LogP contribution is -2.45. The summed E-state index contributed by atoms with van der Waals surface area (Å²) in [5, 5.41) is 26.8. The number of hydrogen-bond donors (Lipinski definition) is 4. The van der Waals surface area contributed by atoms with Crippen LogP contribution in [0.5, 0.6) is 0 Å². The van der Waals surface area contributed by atoms with Gasteiger partial charge in [0, 0.05) is 39.1 Å². The maximum atomic E-state index is 15.8. The second kappa shape index (κ2) is 11.3. The lowest BCUT2D eigenvalue weighted by molar-refractivity contribution is -0.118. The predicted molar refractivity (Wildman–Crippen MR) is 162 cm³/mol. The van der Waals surface area contributed by atoms with E-state index >= 15 is 8.78 Å². The Bertz CT molecular complexity index is 1800. The van der Waals surface area contributed by atoms with Gasteiger partial charge in [0.1, 0.15) is 22.7 Å². The summed E-state index contributed by atoms with van der Waals surface area (Å²) in [6.45, 7) is 5.86. The minimum Gasteiger partial charge on any atom is -0.477 e. The maximum Gasteiger partial charge on any atom is 0.352 e. The number of nitriles is 1. The number of nitrogens with zero attached hydrogens (tertiary/aromatic N) is 1. The lowest BCUT2D eigenvalue weighted by atomic mass is 9.62. The number of aromatic nitrogens is 1. The molecule has 7 nitrogen and oxygen atoms in total. The van der Waals surface area contributed by atoms with Gasteiger partial charge in [0.15, 0.2) is 0 Å². The van der Waals surface area contributed by atoms with Crippen molar-refractivity contribution in [3.8, 4) is 6.07 Å². The fourth-order valence-corrected chi connectivity index (χ4v) is 6.44. The van der Waals surface area contributed by atoms with Crippen LogP contribution in [-0.4, -0.2) is 34.1 Å². The van der Waals surface area contributed by atoms with Crippen molar-refractivity contribution in [1.29, 1.82) is 5.26 Å². The number of hydrogen-bond acceptors (Lipinski definition) is 4. The van der Waals surface area contributed by atoms with Crippen LogP contribution in [0.4, 0.5) is 14.5 Å². The van der Waals surface area contributed by atoms with Crippen LogP contribution < -0.4 is 10.6 Å². The molecular formula is C32H28Cl2F2N4O3. The molecule has 1 saturated heterocycles. The fourth-order valence-electron chi connectivity index (χ4n) is 6.10. The number of H-pyrrole nitrogens is 1. The van der Waals surface area contributed by atoms with Gasteiger partial charge in [-0.15, -0.1) is 0 Å². The first-order chi connectivity index (χ1) is 20.2. The van der Waals surface area contributed by atoms with E-state index in [-0.39, 0.29) is 32.3 Å². The standard InChI is InChI=1S/C32H28Cl2F2N4O3/c1-31(2,3)14-25-32(15-37,20-9-7-17(33)13-22(20)35)26(19-5-4-6-21(34)27(19)36)28(40-25)29(41)38-18-8-10-23-16(11-18)12-24(39-23)30(42)43/h4-13,25-26,28,39-40H,14H2,1-3H3,(H,38,41)(H,42,43)/t25-,26-,28+,32-/m0/s1. The molecule has 1 aliphatic rings. The first kappa shape index (κ1) is 30.5. The van der Waals surface area contributed by atoms with Crippen molar-refractivity contribution < 1.29 is 23.5 Å². The van der Waals surface area contributed by atoms with Crippen molar-refractivity contribution in [3.05, 3.63) is 99.2 Å². The quantitative estimate of drug-likeness (QED) is 0.178. The molecule has 1 aliphatic heterocycles. The molecule has 11 heteroatoms. The molecule has 1 aromatic heterocycles. The molecule has 0 bridgehead atoms. The van der Waals surface area contributed by atoms with Gasteiger partial charge in [0.2, 0.25) is 5.91 Å². The van der Waals surface area contributed by atoms with E-state index in [1.165, 1.54) is 36.4 Å². The molecule has 222 valence electrons. The number of nitrogens with one attached hydrogen (secondary N) is 3. The van der Waals surface area contributed by atoms with Crippen LogP contribution in [0.2, 0.25) is 10.0 Å². The van der Waals surface area contributed by atoms with Crippen molar-refractivity contribution in [2.75, 3.05) is 5.32 Å². The van der Waals surface area contributed by atoms with Crippen LogP contribution in [0.3, 0.4) is 0 Å². The van der Waals surface area contributed by atoms with E-state index in [2.05, 4.69) is 21.7 Å². The number of aromatic carboxylic acids is 1. The van der Waals surface area contributed by atoms with Crippen molar-refractivity contribution in [1.82, 2.24) is 10.3 Å². The van der Waals surface area contributed by atoms with Gasteiger partial charge < -0.3 is 20.7 Å². The Morgan fingerprint density at radius 1 is 1.09 bits per heavy atom. The van der Waals surface area contributed by atoms with E-state index in [9.17, 15) is 20.0 Å². The third-order valence-corrected chi connectivity index (χ3v) is 8.38. The Kier molecular flexibility index (Phi) is 7.99. The van der Waals surface area contributed by atoms with Crippen LogP contribution in [-0.2, 0) is 10.2 Å². The number of rotatable bonds is 6. The Labute approximate surface area is 256 Å². The van der Waals surface area contributed by atoms with Gasteiger partial charge in [0.25, 0.3) is 0 Å². The van der Waals surface area contributed by atoms with Crippen LogP contribution in [0.1, 0.15) is 54.7 Å². The zero-order valence-corrected chi connectivity index (χ0v) is 24.9. The van der Waals surface area contributed by atoms with Gasteiger partial charge in [-0.1, -0.05) is 62.2 Å². The molecule has 5 rings (SSSR count). The molecule has 4 aromatic rings. The zero-order chi connectivity index (χ0) is 31.3. The summed E-state index contributed by atoms with van der Waals surface area (Å²) in [5.41, 5.74) is -1.28. The average molecular weight is 626 g/mol. The highest BCUT2D eigenvalue weighted by Crippen LogP contribution is 2.53. The predicted octanol–water partition coefficient (Wildman–Crippen LogP) is 7.41. The van der Waals surface area contributed by atoms with E-state index in [4.69, 9.17) is 23.2 Å². The third kappa shape index (κ3) is 5.58. The summed E-state index contributed by atoms with van der Waals surface area (Å²) >= 11 is 12.3. The van der Waals surface area contributed by atoms with E-state index in [1.54, 1.807) is 18.2 Å². The van der Waals surface area contributed by atoms with Crippen LogP contribution in [0.15, 0.2) is 60.7 Å². The molecule has 4 N–H and O–H groups in total. The van der Waals surface area contributed by atoms with Crippen molar-refractivity contribution in [3.63, 3.8) is 0 Å². The van der Waals surface area contributed by atoms with Gasteiger partial charge in [-0.05, 0) is 59.9 Å². The van der Waals surface area contributed by atoms with Gasteiger partial charge in [-0.2, -0.15) is 5.26 Å². The normalized spacial score (nSPS) is 22.0. The van der Waals surface area contributed by atoms with Crippen LogP contribution in [0, 0.1) is 28.4 Å². The van der Waals surface area contributed by atoms with E-state index < -0.39 is 46.9 Å². The number of benzene rings is 3. The number of halogens is 4. The minimum absolute atomic E-state index is 0.0127. The summed E-state index contributed by atoms with van der Waals surface area (Å²) in [6, 6.07) is 14.9. The molecule has 0 radical (unpaired) electrons. The molecular weight excluding hydrogens is 597 g/mol. The third-order valence-electron chi connectivity index (χ3n) is 7.85. The lowest BCUT2D eigenvalue weighted by Gasteiger charge is -2.37. The highest BCUT2D eigenvalue weighted by Gasteiger charge is 2.61. The number of carbonyl (C=O) groups is 2. The number of carboxylic acids is 1. The Morgan fingerprint density at radius 2 is 1.84 bits per heavy atom. The van der Waals surface area contributed by atoms with Crippen molar-refractivity contribution in [2.45, 2.75) is 50.6 Å². The molecule has 0 spiro atoms. The number of carbonyl (C=O) groups excluding carboxylic acids is 1. The van der Waals surface area contributed by atoms with Gasteiger partial charge in [-0.25, -0.2) is 13.6 Å². The highest BCUT2D eigenvalue weighted by atomic mass is 35.5. The molecule has 0 unspecified atom stereocenters. The van der Waals surface area contributed by atoms with E-state index in [0.29, 0.717) is 23.0 Å². The molecule has 1 fully saturated rings. The molecule has 1 amide bonds. The fraction of sp³-hybridized carbons (Fsp3) is 0.281. The molecule has 2 heterocycles. The molecule has 0 aliphatic carbocycles. The highest BCUT2D eigenvalue weighted by molar-refractivity contribution is 6.31. The second-order valence-electron chi connectivity index (χ2n) is 12.0. The van der Waals surface area contributed by atoms with Crippen molar-refractivity contribution >= 4 is 51.7 Å². The summed E-state index contributed by atoms with van der Waals surface area (Å²) in [4.78, 5) is 28.3. The van der Waals surface area contributed by atoms with E-state index in [0.717, 1.165) is 6.07 Å². The summed E-state index contributed by atoms with van der Waals surface area (Å²) in [7, 11) is 0. The topological polar surface area (TPSA) is 118 Å². The number of anilines is 1. The Morgan fingerprint density at radius 3 is 2.49 bits per heavy atom. The molecule has 3 aromatic carbocycles. The molecule has 4 atom stereocenters. The first-order valence-electron chi connectivity index (χ1n) is 13.5. The number of aromatic amines is 1. The monoisotopic (exact) mass is 624 g/mol. The summed E-state index contributed by atoms with van der Waals surface area (Å²) < 4.78 is 31.6. The second-order valence-corrected chi connectivity index (χ2v) is 12.8. The number of carboxylic acid groups (broad SMARTS) is 1. The molecule has 0 saturated carbocycles. The largest absolute Gasteiger partial charge is 0.477 e. The zero-order valence-electron chi connectivity index (χ0n) is 23.4. The van der Waals surface area contributed by atoms with Gasteiger partial charge >= 0.3 is 5.97 Å². The van der Waals surface area contributed by atoms with Gasteiger partial charge in [-0.3, -0.25) is 4.79 Å². The van der Waals surface area contributed by atoms with Crippen molar-refractivity contribution in [2.24, 2.45) is 5.41 Å². The number of amides is 1. The smallest absolute Gasteiger partial charge is 0.352 e. The van der Waals surface area contributed by atoms with Crippen LogP contribution in [0.25, 0.3) is 10.9 Å². The van der Waals surface area contributed by atoms with E-state index in [1.807, 2.05) is 20.8 Å². The Balaban J connectivity index is 1.67. The first-order valence-corrected chi connectivity index (χ1v) is 14.2. The Hall–Kier alpha value is -3.97. The summed E-state index contributed by atoms with van der Waals surface area (Å²) in [6.07, 6.45) is 0.332. The SMILES string of the molecule is CC(C)(C)C[C@@H]1N[C@@H](C(=O)Nc2ccc3[nH]c(C(=O)O)cc3c2)[C@H](c2cccc(Cl)c2F)[C@@]1(C#N)c1ccc(Cl)cc1F. The van der Waals surface area contributed by atoms with Gasteiger partial charge in [0.05, 0.1) is 17.1 Å². The molecule has 43 heavy (non-hydrogen) atoms. The van der Waals surface area contributed by atoms with Crippen LogP contribution >= 0.6 is 23.2 Å². The average Bonchev–Trinajstić information content (AvgIpc) is 3.49. The maximum absolute atomic E-state index is 15.8. The minimum atomic E-state index is -1.75. The number of fused-ring (bicyclic) bond motifs is 1. The summed E-state index contributed by atoms with van der Waals surface area (Å²) in [5.74, 6) is -4.50.